The van der Waals surface area contributed by atoms with E-state index in [1.165, 1.54) is 0 Å². The van der Waals surface area contributed by atoms with Crippen LogP contribution in [-0.2, 0) is 16.0 Å². The summed E-state index contributed by atoms with van der Waals surface area (Å²) < 4.78 is 10.8. The summed E-state index contributed by atoms with van der Waals surface area (Å²) in [6.45, 7) is 7.94. The standard InChI is InChI=1S/C17H28N2O3/c1-4-21-11-5-10-19-17(20)9-7-14-6-8-16(15(18)12-14)22-13(2)3/h6,8,12-13H,4-5,7,9-11,18H2,1-3H3,(H,19,20). The number of nitrogens with one attached hydrogen (secondary N) is 1. The summed E-state index contributed by atoms with van der Waals surface area (Å²) in [7, 11) is 0. The molecule has 0 aliphatic rings. The zero-order chi connectivity index (χ0) is 16.4. The molecule has 0 saturated heterocycles. The number of ether oxygens (including phenoxy) is 2. The molecular formula is C17H28N2O3. The van der Waals surface area contributed by atoms with Crippen LogP contribution in [0.2, 0.25) is 0 Å². The predicted molar refractivity (Wildman–Crippen MR) is 89.1 cm³/mol. The molecule has 1 rings (SSSR count). The molecule has 0 aliphatic carbocycles. The Bertz CT molecular complexity index is 461. The maximum atomic E-state index is 11.7. The van der Waals surface area contributed by atoms with Crippen LogP contribution in [0.5, 0.6) is 5.75 Å². The first-order valence-corrected chi connectivity index (χ1v) is 7.92. The molecule has 0 fully saturated rings. The smallest absolute Gasteiger partial charge is 0.220 e. The monoisotopic (exact) mass is 308 g/mol. The Hall–Kier alpha value is -1.75. The van der Waals surface area contributed by atoms with Crippen molar-refractivity contribution in [1.82, 2.24) is 5.32 Å². The molecule has 5 heteroatoms. The van der Waals surface area contributed by atoms with E-state index in [9.17, 15) is 4.79 Å². The second-order valence-corrected chi connectivity index (χ2v) is 5.44. The Labute approximate surface area is 133 Å². The van der Waals surface area contributed by atoms with Gasteiger partial charge in [-0.25, -0.2) is 0 Å². The van der Waals surface area contributed by atoms with E-state index in [0.29, 0.717) is 44.0 Å². The van der Waals surface area contributed by atoms with Crippen LogP contribution in [0.3, 0.4) is 0 Å². The quantitative estimate of drug-likeness (QED) is 0.514. The summed E-state index contributed by atoms with van der Waals surface area (Å²) in [6, 6.07) is 5.70. The number of nitrogens with two attached hydrogens (primary N) is 1. The van der Waals surface area contributed by atoms with E-state index in [1.807, 2.05) is 39.0 Å². The third-order valence-corrected chi connectivity index (χ3v) is 3.07. The van der Waals surface area contributed by atoms with Crippen LogP contribution in [-0.4, -0.2) is 31.8 Å². The minimum absolute atomic E-state index is 0.0533. The molecule has 0 aliphatic heterocycles. The maximum absolute atomic E-state index is 11.7. The van der Waals surface area contributed by atoms with Crippen molar-refractivity contribution in [1.29, 1.82) is 0 Å². The number of rotatable bonds is 10. The van der Waals surface area contributed by atoms with Gasteiger partial charge in [-0.05, 0) is 51.3 Å². The number of carbonyl (C=O) groups excluding carboxylic acids is 1. The lowest BCUT2D eigenvalue weighted by molar-refractivity contribution is -0.121. The highest BCUT2D eigenvalue weighted by Crippen LogP contribution is 2.24. The normalized spacial score (nSPS) is 10.7. The van der Waals surface area contributed by atoms with E-state index in [-0.39, 0.29) is 12.0 Å². The number of carbonyl (C=O) groups is 1. The second-order valence-electron chi connectivity index (χ2n) is 5.44. The Morgan fingerprint density at radius 3 is 2.77 bits per heavy atom. The zero-order valence-electron chi connectivity index (χ0n) is 13.9. The number of amides is 1. The molecule has 1 amide bonds. The summed E-state index contributed by atoms with van der Waals surface area (Å²) >= 11 is 0. The average Bonchev–Trinajstić information content (AvgIpc) is 2.47. The number of hydrogen-bond acceptors (Lipinski definition) is 4. The largest absolute Gasteiger partial charge is 0.489 e. The van der Waals surface area contributed by atoms with Gasteiger partial charge in [0.25, 0.3) is 0 Å². The van der Waals surface area contributed by atoms with Crippen molar-refractivity contribution >= 4 is 11.6 Å². The van der Waals surface area contributed by atoms with Crippen LogP contribution in [0, 0.1) is 0 Å². The van der Waals surface area contributed by atoms with Gasteiger partial charge in [0, 0.05) is 26.2 Å². The van der Waals surface area contributed by atoms with Crippen molar-refractivity contribution in [3.05, 3.63) is 23.8 Å². The molecular weight excluding hydrogens is 280 g/mol. The van der Waals surface area contributed by atoms with Crippen molar-refractivity contribution in [3.8, 4) is 5.75 Å². The summed E-state index contributed by atoms with van der Waals surface area (Å²) in [5.74, 6) is 0.747. The summed E-state index contributed by atoms with van der Waals surface area (Å²) in [4.78, 5) is 11.7. The predicted octanol–water partition coefficient (Wildman–Crippen LogP) is 2.53. The molecule has 1 aromatic rings. The molecule has 0 heterocycles. The van der Waals surface area contributed by atoms with E-state index in [4.69, 9.17) is 15.2 Å². The Morgan fingerprint density at radius 2 is 2.14 bits per heavy atom. The van der Waals surface area contributed by atoms with E-state index in [2.05, 4.69) is 5.32 Å². The van der Waals surface area contributed by atoms with E-state index in [1.54, 1.807) is 0 Å². The van der Waals surface area contributed by atoms with Gasteiger partial charge in [-0.15, -0.1) is 0 Å². The molecule has 0 unspecified atom stereocenters. The van der Waals surface area contributed by atoms with Crippen LogP contribution < -0.4 is 15.8 Å². The SMILES string of the molecule is CCOCCCNC(=O)CCc1ccc(OC(C)C)c(N)c1. The summed E-state index contributed by atoms with van der Waals surface area (Å²) in [5, 5.41) is 2.89. The first-order chi connectivity index (χ1) is 10.5. The lowest BCUT2D eigenvalue weighted by atomic mass is 10.1. The molecule has 0 aromatic heterocycles. The number of nitrogen functional groups attached to an aromatic ring is 1. The van der Waals surface area contributed by atoms with Gasteiger partial charge in [0.05, 0.1) is 11.8 Å². The summed E-state index contributed by atoms with van der Waals surface area (Å²) in [6.07, 6.45) is 2.06. The average molecular weight is 308 g/mol. The Kier molecular flexibility index (Phi) is 8.36. The van der Waals surface area contributed by atoms with Gasteiger partial charge in [-0.3, -0.25) is 4.79 Å². The van der Waals surface area contributed by atoms with Gasteiger partial charge in [0.2, 0.25) is 5.91 Å². The number of anilines is 1. The Balaban J connectivity index is 2.32. The molecule has 0 atom stereocenters. The Morgan fingerprint density at radius 1 is 1.36 bits per heavy atom. The maximum Gasteiger partial charge on any atom is 0.220 e. The highest BCUT2D eigenvalue weighted by Gasteiger charge is 2.06. The minimum atomic E-state index is 0.0533. The van der Waals surface area contributed by atoms with Crippen molar-refractivity contribution < 1.29 is 14.3 Å². The van der Waals surface area contributed by atoms with Gasteiger partial charge in [0.15, 0.2) is 0 Å². The molecule has 0 spiro atoms. The first-order valence-electron chi connectivity index (χ1n) is 7.92. The van der Waals surface area contributed by atoms with Crippen LogP contribution in [0.1, 0.15) is 39.2 Å². The summed E-state index contributed by atoms with van der Waals surface area (Å²) in [5.41, 5.74) is 7.62. The number of aryl methyl sites for hydroxylation is 1. The van der Waals surface area contributed by atoms with Crippen molar-refractivity contribution in [3.63, 3.8) is 0 Å². The van der Waals surface area contributed by atoms with Crippen molar-refractivity contribution in [2.45, 2.75) is 46.1 Å². The van der Waals surface area contributed by atoms with Gasteiger partial charge >= 0.3 is 0 Å². The van der Waals surface area contributed by atoms with Gasteiger partial charge in [0.1, 0.15) is 5.75 Å². The lowest BCUT2D eigenvalue weighted by Crippen LogP contribution is -2.25. The third-order valence-electron chi connectivity index (χ3n) is 3.07. The number of benzene rings is 1. The molecule has 3 N–H and O–H groups in total. The van der Waals surface area contributed by atoms with E-state index >= 15 is 0 Å². The van der Waals surface area contributed by atoms with Crippen LogP contribution in [0.15, 0.2) is 18.2 Å². The lowest BCUT2D eigenvalue weighted by Gasteiger charge is -2.13. The fraction of sp³-hybridized carbons (Fsp3) is 0.588. The van der Waals surface area contributed by atoms with Gasteiger partial charge in [-0.2, -0.15) is 0 Å². The third kappa shape index (κ3) is 7.31. The van der Waals surface area contributed by atoms with Crippen molar-refractivity contribution in [2.75, 3.05) is 25.5 Å². The number of hydrogen-bond donors (Lipinski definition) is 2. The molecule has 0 bridgehead atoms. The molecule has 0 saturated carbocycles. The highest BCUT2D eigenvalue weighted by molar-refractivity contribution is 5.76. The van der Waals surface area contributed by atoms with Crippen LogP contribution in [0.4, 0.5) is 5.69 Å². The first kappa shape index (κ1) is 18.3. The van der Waals surface area contributed by atoms with Gasteiger partial charge < -0.3 is 20.5 Å². The zero-order valence-corrected chi connectivity index (χ0v) is 13.9. The van der Waals surface area contributed by atoms with Crippen LogP contribution >= 0.6 is 0 Å². The fourth-order valence-electron chi connectivity index (χ4n) is 2.01. The second kappa shape index (κ2) is 10.1. The van der Waals surface area contributed by atoms with E-state index < -0.39 is 0 Å². The molecule has 22 heavy (non-hydrogen) atoms. The molecule has 5 nitrogen and oxygen atoms in total. The highest BCUT2D eigenvalue weighted by atomic mass is 16.5. The molecule has 1 aromatic carbocycles. The molecule has 0 radical (unpaired) electrons. The van der Waals surface area contributed by atoms with Crippen molar-refractivity contribution in [2.24, 2.45) is 0 Å². The minimum Gasteiger partial charge on any atom is -0.489 e. The van der Waals surface area contributed by atoms with E-state index in [0.717, 1.165) is 12.0 Å². The molecule has 124 valence electrons. The fourth-order valence-corrected chi connectivity index (χ4v) is 2.01. The van der Waals surface area contributed by atoms with Crippen LogP contribution in [0.25, 0.3) is 0 Å². The van der Waals surface area contributed by atoms with Gasteiger partial charge in [-0.1, -0.05) is 6.07 Å². The topological polar surface area (TPSA) is 73.6 Å².